The molecule has 1 aliphatic heterocycles. The first kappa shape index (κ1) is 21.3. The lowest BCUT2D eigenvalue weighted by molar-refractivity contribution is -0.130. The van der Waals surface area contributed by atoms with Gasteiger partial charge in [-0.1, -0.05) is 44.5 Å². The zero-order chi connectivity index (χ0) is 21.1. The lowest BCUT2D eigenvalue weighted by Crippen LogP contribution is -2.62. The smallest absolute Gasteiger partial charge is 0.276 e. The minimum atomic E-state index is -0.494. The number of rotatable bonds is 6. The zero-order valence-electron chi connectivity index (χ0n) is 17.3. The van der Waals surface area contributed by atoms with Crippen molar-refractivity contribution in [2.24, 2.45) is 11.8 Å². The summed E-state index contributed by atoms with van der Waals surface area (Å²) in [6.45, 7) is 8.79. The number of hydrogen-bond donors (Lipinski definition) is 1. The summed E-state index contributed by atoms with van der Waals surface area (Å²) in [5.41, 5.74) is 0.987. The van der Waals surface area contributed by atoms with Gasteiger partial charge in [0.05, 0.1) is 11.9 Å². The SMILES string of the molecule is CC(C)C[C@H]1CN(C(=O)c2cn(-c3ccc(Cl)cc3)nn2)[C@@H](CC(C)C)C(=O)N1. The summed E-state index contributed by atoms with van der Waals surface area (Å²) in [4.78, 5) is 27.7. The number of halogens is 1. The van der Waals surface area contributed by atoms with Gasteiger partial charge in [0.15, 0.2) is 5.69 Å². The van der Waals surface area contributed by atoms with E-state index >= 15 is 0 Å². The molecule has 1 saturated heterocycles. The van der Waals surface area contributed by atoms with E-state index in [4.69, 9.17) is 11.6 Å². The van der Waals surface area contributed by atoms with Gasteiger partial charge in [0.25, 0.3) is 5.91 Å². The van der Waals surface area contributed by atoms with Crippen molar-refractivity contribution in [3.05, 3.63) is 41.2 Å². The van der Waals surface area contributed by atoms with E-state index in [9.17, 15) is 9.59 Å². The predicted octanol–water partition coefficient (Wildman–Crippen LogP) is 3.32. The molecular formula is C21H28ClN5O2. The second-order valence-electron chi connectivity index (χ2n) is 8.46. The predicted molar refractivity (Wildman–Crippen MR) is 112 cm³/mol. The summed E-state index contributed by atoms with van der Waals surface area (Å²) in [7, 11) is 0. The van der Waals surface area contributed by atoms with E-state index in [0.717, 1.165) is 12.1 Å². The Morgan fingerprint density at radius 2 is 1.83 bits per heavy atom. The van der Waals surface area contributed by atoms with Gasteiger partial charge in [-0.05, 0) is 48.9 Å². The van der Waals surface area contributed by atoms with Crippen molar-refractivity contribution in [2.45, 2.75) is 52.6 Å². The molecule has 2 amide bonds. The average Bonchev–Trinajstić information content (AvgIpc) is 3.13. The standard InChI is InChI=1S/C21H28ClN5O2/c1-13(2)9-16-11-26(19(10-14(3)4)20(28)23-16)21(29)18-12-27(25-24-18)17-7-5-15(22)6-8-17/h5-8,12-14,16,19H,9-11H2,1-4H3,(H,23,28)/t16-,19-/m0/s1. The molecular weight excluding hydrogens is 390 g/mol. The number of amides is 2. The van der Waals surface area contributed by atoms with E-state index in [1.165, 1.54) is 4.68 Å². The van der Waals surface area contributed by atoms with E-state index in [-0.39, 0.29) is 29.5 Å². The molecule has 0 bridgehead atoms. The Hall–Kier alpha value is -2.41. The molecule has 0 radical (unpaired) electrons. The largest absolute Gasteiger partial charge is 0.350 e. The number of nitrogens with one attached hydrogen (secondary N) is 1. The van der Waals surface area contributed by atoms with Crippen LogP contribution >= 0.6 is 11.6 Å². The molecule has 8 heteroatoms. The maximum Gasteiger partial charge on any atom is 0.276 e. The molecule has 7 nitrogen and oxygen atoms in total. The normalized spacial score (nSPS) is 19.7. The number of piperazine rings is 1. The van der Waals surface area contributed by atoms with Gasteiger partial charge in [0.2, 0.25) is 5.91 Å². The van der Waals surface area contributed by atoms with Crippen molar-refractivity contribution in [3.8, 4) is 5.69 Å². The minimum absolute atomic E-state index is 0.0545. The fraction of sp³-hybridized carbons (Fsp3) is 0.524. The first-order valence-electron chi connectivity index (χ1n) is 10.0. The third-order valence-electron chi connectivity index (χ3n) is 4.96. The first-order valence-corrected chi connectivity index (χ1v) is 10.4. The molecule has 2 aromatic rings. The van der Waals surface area contributed by atoms with Crippen LogP contribution in [-0.4, -0.2) is 50.3 Å². The van der Waals surface area contributed by atoms with Crippen molar-refractivity contribution in [1.82, 2.24) is 25.2 Å². The van der Waals surface area contributed by atoms with Crippen LogP contribution in [0.25, 0.3) is 5.69 Å². The van der Waals surface area contributed by atoms with Gasteiger partial charge in [0, 0.05) is 17.6 Å². The minimum Gasteiger partial charge on any atom is -0.350 e. The van der Waals surface area contributed by atoms with Gasteiger partial charge in [0.1, 0.15) is 6.04 Å². The van der Waals surface area contributed by atoms with Gasteiger partial charge in [-0.15, -0.1) is 5.10 Å². The molecule has 2 atom stereocenters. The molecule has 156 valence electrons. The number of carbonyl (C=O) groups excluding carboxylic acids is 2. The fourth-order valence-corrected chi connectivity index (χ4v) is 3.81. The molecule has 0 aliphatic carbocycles. The highest BCUT2D eigenvalue weighted by Crippen LogP contribution is 2.22. The molecule has 0 saturated carbocycles. The van der Waals surface area contributed by atoms with Crippen LogP contribution in [0, 0.1) is 11.8 Å². The molecule has 2 heterocycles. The maximum absolute atomic E-state index is 13.3. The van der Waals surface area contributed by atoms with Crippen molar-refractivity contribution < 1.29 is 9.59 Å². The Balaban J connectivity index is 1.85. The quantitative estimate of drug-likeness (QED) is 0.781. The molecule has 0 spiro atoms. The monoisotopic (exact) mass is 417 g/mol. The molecule has 1 aromatic heterocycles. The third-order valence-corrected chi connectivity index (χ3v) is 5.21. The third kappa shape index (κ3) is 5.15. The van der Waals surface area contributed by atoms with Crippen LogP contribution in [0.15, 0.2) is 30.5 Å². The number of benzene rings is 1. The van der Waals surface area contributed by atoms with E-state index in [2.05, 4.69) is 29.5 Å². The molecule has 0 unspecified atom stereocenters. The van der Waals surface area contributed by atoms with E-state index in [1.54, 1.807) is 35.4 Å². The summed E-state index contributed by atoms with van der Waals surface area (Å²) >= 11 is 5.93. The zero-order valence-corrected chi connectivity index (χ0v) is 18.1. The highest BCUT2D eigenvalue weighted by molar-refractivity contribution is 6.30. The second kappa shape index (κ2) is 8.95. The number of carbonyl (C=O) groups is 2. The van der Waals surface area contributed by atoms with Crippen molar-refractivity contribution >= 4 is 23.4 Å². The van der Waals surface area contributed by atoms with E-state index < -0.39 is 6.04 Å². The van der Waals surface area contributed by atoms with Gasteiger partial charge < -0.3 is 10.2 Å². The summed E-state index contributed by atoms with van der Waals surface area (Å²) in [5, 5.41) is 11.9. The molecule has 29 heavy (non-hydrogen) atoms. The van der Waals surface area contributed by atoms with E-state index in [1.807, 2.05) is 13.8 Å². The highest BCUT2D eigenvalue weighted by atomic mass is 35.5. The topological polar surface area (TPSA) is 80.1 Å². The number of nitrogens with zero attached hydrogens (tertiary/aromatic N) is 4. The van der Waals surface area contributed by atoms with E-state index in [0.29, 0.717) is 23.9 Å². The Kier molecular flexibility index (Phi) is 6.57. The van der Waals surface area contributed by atoms with Crippen LogP contribution < -0.4 is 5.32 Å². The summed E-state index contributed by atoms with van der Waals surface area (Å²) in [6.07, 6.45) is 3.03. The maximum atomic E-state index is 13.3. The molecule has 1 fully saturated rings. The van der Waals surface area contributed by atoms with Crippen molar-refractivity contribution in [2.75, 3.05) is 6.54 Å². The average molecular weight is 418 g/mol. The first-order chi connectivity index (χ1) is 13.7. The van der Waals surface area contributed by atoms with Gasteiger partial charge >= 0.3 is 0 Å². The Morgan fingerprint density at radius 3 is 2.45 bits per heavy atom. The number of aromatic nitrogens is 3. The summed E-state index contributed by atoms with van der Waals surface area (Å²) < 4.78 is 1.54. The lowest BCUT2D eigenvalue weighted by Gasteiger charge is -2.40. The fourth-order valence-electron chi connectivity index (χ4n) is 3.69. The Morgan fingerprint density at radius 1 is 1.17 bits per heavy atom. The number of hydrogen-bond acceptors (Lipinski definition) is 4. The highest BCUT2D eigenvalue weighted by Gasteiger charge is 2.38. The Bertz CT molecular complexity index is 862. The summed E-state index contributed by atoms with van der Waals surface area (Å²) in [5.74, 6) is 0.352. The molecule has 1 aliphatic rings. The van der Waals surface area contributed by atoms with Crippen LogP contribution in [-0.2, 0) is 4.79 Å². The molecule has 3 rings (SSSR count). The van der Waals surface area contributed by atoms with Crippen molar-refractivity contribution in [1.29, 1.82) is 0 Å². The van der Waals surface area contributed by atoms with Crippen LogP contribution in [0.2, 0.25) is 5.02 Å². The van der Waals surface area contributed by atoms with Crippen LogP contribution in [0.5, 0.6) is 0 Å². The van der Waals surface area contributed by atoms with Crippen LogP contribution in [0.3, 0.4) is 0 Å². The van der Waals surface area contributed by atoms with Gasteiger partial charge in [-0.3, -0.25) is 9.59 Å². The van der Waals surface area contributed by atoms with Crippen LogP contribution in [0.1, 0.15) is 51.0 Å². The summed E-state index contributed by atoms with van der Waals surface area (Å²) in [6, 6.07) is 6.57. The van der Waals surface area contributed by atoms with Crippen LogP contribution in [0.4, 0.5) is 0 Å². The lowest BCUT2D eigenvalue weighted by atomic mass is 9.95. The second-order valence-corrected chi connectivity index (χ2v) is 8.90. The van der Waals surface area contributed by atoms with Gasteiger partial charge in [-0.2, -0.15) is 0 Å². The van der Waals surface area contributed by atoms with Crippen molar-refractivity contribution in [3.63, 3.8) is 0 Å². The molecule has 1 aromatic carbocycles. The van der Waals surface area contributed by atoms with Gasteiger partial charge in [-0.25, -0.2) is 4.68 Å². The Labute approximate surface area is 176 Å². The molecule has 1 N–H and O–H groups in total.